The van der Waals surface area contributed by atoms with Crippen molar-refractivity contribution in [2.75, 3.05) is 39.8 Å². The van der Waals surface area contributed by atoms with E-state index in [1.54, 1.807) is 7.05 Å². The lowest BCUT2D eigenvalue weighted by molar-refractivity contribution is -0.126. The highest BCUT2D eigenvalue weighted by molar-refractivity contribution is 5.81. The normalized spacial score (nSPS) is 25.8. The summed E-state index contributed by atoms with van der Waals surface area (Å²) in [6.45, 7) is 4.26. The number of ether oxygens (including phenoxy) is 1. The fourth-order valence-corrected chi connectivity index (χ4v) is 3.28. The van der Waals surface area contributed by atoms with Crippen molar-refractivity contribution >= 4 is 5.91 Å². The van der Waals surface area contributed by atoms with Crippen LogP contribution in [0.3, 0.4) is 0 Å². The predicted molar refractivity (Wildman–Crippen MR) is 81.6 cm³/mol. The van der Waals surface area contributed by atoms with E-state index in [0.717, 1.165) is 45.0 Å². The largest absolute Gasteiger partial charge is 0.493 e. The van der Waals surface area contributed by atoms with Gasteiger partial charge < -0.3 is 15.4 Å². The van der Waals surface area contributed by atoms with Gasteiger partial charge in [0.15, 0.2) is 0 Å². The van der Waals surface area contributed by atoms with Crippen LogP contribution in [-0.2, 0) is 4.79 Å². The molecular formula is C16H23N3O2. The van der Waals surface area contributed by atoms with E-state index in [2.05, 4.69) is 27.7 Å². The van der Waals surface area contributed by atoms with Crippen LogP contribution in [0.15, 0.2) is 24.3 Å². The Bertz CT molecular complexity index is 506. The molecule has 2 N–H and O–H groups in total. The molecule has 1 aromatic carbocycles. The van der Waals surface area contributed by atoms with Crippen LogP contribution < -0.4 is 15.4 Å². The topological polar surface area (TPSA) is 53.6 Å². The van der Waals surface area contributed by atoms with Gasteiger partial charge >= 0.3 is 0 Å². The van der Waals surface area contributed by atoms with Crippen molar-refractivity contribution in [1.29, 1.82) is 0 Å². The van der Waals surface area contributed by atoms with Crippen molar-refractivity contribution in [3.05, 3.63) is 29.8 Å². The van der Waals surface area contributed by atoms with Crippen LogP contribution in [0.1, 0.15) is 17.9 Å². The standard InChI is InChI=1S/C16H23N3O2/c1-17-16(20)14-10-18-7-8-19(14)11-12-6-9-21-15-5-3-2-4-13(12)15/h2-5,12,14,18H,6-11H2,1H3,(H,17,20). The minimum Gasteiger partial charge on any atom is -0.493 e. The molecule has 0 saturated carbocycles. The summed E-state index contributed by atoms with van der Waals surface area (Å²) >= 11 is 0. The first-order valence-electron chi connectivity index (χ1n) is 7.67. The lowest BCUT2D eigenvalue weighted by Gasteiger charge is -2.38. The highest BCUT2D eigenvalue weighted by Gasteiger charge is 2.31. The average molecular weight is 289 g/mol. The summed E-state index contributed by atoms with van der Waals surface area (Å²) in [4.78, 5) is 14.4. The molecule has 0 radical (unpaired) electrons. The molecule has 114 valence electrons. The van der Waals surface area contributed by atoms with Gasteiger partial charge in [0, 0.05) is 39.1 Å². The zero-order chi connectivity index (χ0) is 14.7. The maximum atomic E-state index is 12.0. The van der Waals surface area contributed by atoms with E-state index in [9.17, 15) is 4.79 Å². The van der Waals surface area contributed by atoms with E-state index in [1.807, 2.05) is 12.1 Å². The van der Waals surface area contributed by atoms with E-state index in [0.29, 0.717) is 5.92 Å². The van der Waals surface area contributed by atoms with Gasteiger partial charge in [0.2, 0.25) is 5.91 Å². The Morgan fingerprint density at radius 2 is 2.33 bits per heavy atom. The highest BCUT2D eigenvalue weighted by Crippen LogP contribution is 2.34. The molecule has 0 aliphatic carbocycles. The zero-order valence-corrected chi connectivity index (χ0v) is 12.5. The number of amides is 1. The van der Waals surface area contributed by atoms with Crippen molar-refractivity contribution in [3.8, 4) is 5.75 Å². The van der Waals surface area contributed by atoms with Crippen molar-refractivity contribution in [2.24, 2.45) is 0 Å². The summed E-state index contributed by atoms with van der Waals surface area (Å²) in [7, 11) is 1.71. The molecule has 2 aliphatic heterocycles. The predicted octanol–water partition coefficient (Wildman–Crippen LogP) is 0.573. The summed E-state index contributed by atoms with van der Waals surface area (Å²) in [5.41, 5.74) is 1.28. The van der Waals surface area contributed by atoms with Gasteiger partial charge in [-0.15, -0.1) is 0 Å². The molecular weight excluding hydrogens is 266 g/mol. The third-order valence-electron chi connectivity index (χ3n) is 4.44. The van der Waals surface area contributed by atoms with Gasteiger partial charge in [0.1, 0.15) is 11.8 Å². The number of benzene rings is 1. The van der Waals surface area contributed by atoms with Crippen molar-refractivity contribution in [2.45, 2.75) is 18.4 Å². The molecule has 2 atom stereocenters. The number of hydrogen-bond acceptors (Lipinski definition) is 4. The zero-order valence-electron chi connectivity index (χ0n) is 12.5. The lowest BCUT2D eigenvalue weighted by atomic mass is 9.92. The highest BCUT2D eigenvalue weighted by atomic mass is 16.5. The number of hydrogen-bond donors (Lipinski definition) is 2. The van der Waals surface area contributed by atoms with Crippen LogP contribution in [0.2, 0.25) is 0 Å². The second-order valence-electron chi connectivity index (χ2n) is 5.70. The SMILES string of the molecule is CNC(=O)C1CNCCN1CC1CCOc2ccccc21. The fourth-order valence-electron chi connectivity index (χ4n) is 3.28. The van der Waals surface area contributed by atoms with Gasteiger partial charge in [-0.05, 0) is 18.1 Å². The van der Waals surface area contributed by atoms with Crippen LogP contribution in [0.25, 0.3) is 0 Å². The molecule has 5 heteroatoms. The van der Waals surface area contributed by atoms with Gasteiger partial charge in [-0.1, -0.05) is 18.2 Å². The molecule has 21 heavy (non-hydrogen) atoms. The third kappa shape index (κ3) is 3.04. The van der Waals surface area contributed by atoms with Gasteiger partial charge in [-0.2, -0.15) is 0 Å². The summed E-state index contributed by atoms with van der Waals surface area (Å²) in [6.07, 6.45) is 1.02. The number of para-hydroxylation sites is 1. The van der Waals surface area contributed by atoms with Gasteiger partial charge in [-0.25, -0.2) is 0 Å². The van der Waals surface area contributed by atoms with Crippen LogP contribution in [0.4, 0.5) is 0 Å². The smallest absolute Gasteiger partial charge is 0.238 e. The molecule has 0 bridgehead atoms. The molecule has 1 amide bonds. The summed E-state index contributed by atoms with van der Waals surface area (Å²) in [5.74, 6) is 1.54. The Balaban J connectivity index is 1.75. The summed E-state index contributed by atoms with van der Waals surface area (Å²) in [5, 5.41) is 6.09. The van der Waals surface area contributed by atoms with Gasteiger partial charge in [0.05, 0.1) is 6.61 Å². The third-order valence-corrected chi connectivity index (χ3v) is 4.44. The van der Waals surface area contributed by atoms with Crippen LogP contribution >= 0.6 is 0 Å². The number of carbonyl (C=O) groups is 1. The second-order valence-corrected chi connectivity index (χ2v) is 5.70. The summed E-state index contributed by atoms with van der Waals surface area (Å²) < 4.78 is 5.73. The first-order valence-corrected chi connectivity index (χ1v) is 7.67. The molecule has 1 saturated heterocycles. The van der Waals surface area contributed by atoms with Crippen molar-refractivity contribution in [3.63, 3.8) is 0 Å². The monoisotopic (exact) mass is 289 g/mol. The number of piperazine rings is 1. The van der Waals surface area contributed by atoms with Crippen LogP contribution in [-0.4, -0.2) is 56.7 Å². The first kappa shape index (κ1) is 14.4. The Morgan fingerprint density at radius 3 is 3.19 bits per heavy atom. The molecule has 3 rings (SSSR count). The van der Waals surface area contributed by atoms with E-state index in [-0.39, 0.29) is 11.9 Å². The number of fused-ring (bicyclic) bond motifs is 1. The van der Waals surface area contributed by atoms with Gasteiger partial charge in [0.25, 0.3) is 0 Å². The molecule has 2 unspecified atom stereocenters. The molecule has 5 nitrogen and oxygen atoms in total. The molecule has 1 aromatic rings. The van der Waals surface area contributed by atoms with Gasteiger partial charge in [-0.3, -0.25) is 9.69 Å². The van der Waals surface area contributed by atoms with Crippen molar-refractivity contribution in [1.82, 2.24) is 15.5 Å². The Morgan fingerprint density at radius 1 is 1.48 bits per heavy atom. The Hall–Kier alpha value is -1.59. The lowest BCUT2D eigenvalue weighted by Crippen LogP contribution is -2.58. The van der Waals surface area contributed by atoms with E-state index >= 15 is 0 Å². The summed E-state index contributed by atoms with van der Waals surface area (Å²) in [6, 6.07) is 8.19. The molecule has 2 heterocycles. The van der Waals surface area contributed by atoms with Crippen LogP contribution in [0, 0.1) is 0 Å². The second kappa shape index (κ2) is 6.45. The molecule has 1 fully saturated rings. The number of nitrogens with zero attached hydrogens (tertiary/aromatic N) is 1. The van der Waals surface area contributed by atoms with Crippen LogP contribution in [0.5, 0.6) is 5.75 Å². The van der Waals surface area contributed by atoms with E-state index < -0.39 is 0 Å². The van der Waals surface area contributed by atoms with E-state index in [1.165, 1.54) is 5.56 Å². The number of carbonyl (C=O) groups excluding carboxylic acids is 1. The first-order chi connectivity index (χ1) is 10.3. The quantitative estimate of drug-likeness (QED) is 0.854. The minimum absolute atomic E-state index is 0.0706. The number of likely N-dealkylation sites (N-methyl/N-ethyl adjacent to an activating group) is 1. The number of nitrogens with one attached hydrogen (secondary N) is 2. The van der Waals surface area contributed by atoms with Crippen molar-refractivity contribution < 1.29 is 9.53 Å². The minimum atomic E-state index is -0.0706. The Kier molecular flexibility index (Phi) is 4.41. The van der Waals surface area contributed by atoms with E-state index in [4.69, 9.17) is 4.74 Å². The number of rotatable bonds is 3. The molecule has 0 spiro atoms. The fraction of sp³-hybridized carbons (Fsp3) is 0.562. The molecule has 0 aromatic heterocycles. The Labute approximate surface area is 125 Å². The maximum Gasteiger partial charge on any atom is 0.238 e. The molecule has 2 aliphatic rings. The average Bonchev–Trinajstić information content (AvgIpc) is 2.55. The maximum absolute atomic E-state index is 12.0.